The van der Waals surface area contributed by atoms with Crippen LogP contribution in [0, 0.1) is 0 Å². The largest absolute Gasteiger partial charge is 0.493 e. The highest BCUT2D eigenvalue weighted by molar-refractivity contribution is 5.96. The minimum Gasteiger partial charge on any atom is -0.493 e. The number of aromatic nitrogens is 1. The van der Waals surface area contributed by atoms with Gasteiger partial charge >= 0.3 is 0 Å². The summed E-state index contributed by atoms with van der Waals surface area (Å²) in [4.78, 5) is 24.4. The highest BCUT2D eigenvalue weighted by Crippen LogP contribution is 2.28. The van der Waals surface area contributed by atoms with Crippen LogP contribution in [0.25, 0.3) is 11.0 Å². The van der Waals surface area contributed by atoms with E-state index >= 15 is 0 Å². The third-order valence-electron chi connectivity index (χ3n) is 3.98. The van der Waals surface area contributed by atoms with Gasteiger partial charge in [-0.15, -0.1) is 0 Å². The van der Waals surface area contributed by atoms with Crippen LogP contribution in [-0.2, 0) is 11.2 Å². The van der Waals surface area contributed by atoms with Gasteiger partial charge in [0.15, 0.2) is 17.1 Å². The number of nitrogens with one attached hydrogen (secondary N) is 2. The average Bonchev–Trinajstić information content (AvgIpc) is 3.13. The third-order valence-corrected chi connectivity index (χ3v) is 3.98. The van der Waals surface area contributed by atoms with Crippen LogP contribution >= 0.6 is 0 Å². The standard InChI is InChI=1S/C20H21N3O5/c1-3-10-27-17-9-8-13(11-18(17)26-2)20(25)22-21-19(24)12-15-14-6-4-5-7-16(14)28-23-15/h4-9,11H,3,10,12H2,1-2H3,(H,21,24)(H,22,25). The first kappa shape index (κ1) is 19.2. The highest BCUT2D eigenvalue weighted by atomic mass is 16.5. The van der Waals surface area contributed by atoms with Crippen molar-refractivity contribution in [1.82, 2.24) is 16.0 Å². The Bertz CT molecular complexity index is 983. The first-order valence-corrected chi connectivity index (χ1v) is 8.85. The predicted octanol–water partition coefficient (Wildman–Crippen LogP) is 2.63. The van der Waals surface area contributed by atoms with Crippen molar-refractivity contribution in [3.05, 3.63) is 53.7 Å². The second-order valence-electron chi connectivity index (χ2n) is 6.02. The molecule has 146 valence electrons. The van der Waals surface area contributed by atoms with Gasteiger partial charge in [-0.05, 0) is 36.8 Å². The minimum atomic E-state index is -0.473. The van der Waals surface area contributed by atoms with E-state index in [4.69, 9.17) is 14.0 Å². The van der Waals surface area contributed by atoms with E-state index in [2.05, 4.69) is 16.0 Å². The zero-order valence-corrected chi connectivity index (χ0v) is 15.7. The lowest BCUT2D eigenvalue weighted by molar-refractivity contribution is -0.121. The first-order valence-electron chi connectivity index (χ1n) is 8.85. The Morgan fingerprint density at radius 1 is 1.11 bits per heavy atom. The minimum absolute atomic E-state index is 0.0234. The number of methoxy groups -OCH3 is 1. The second kappa shape index (κ2) is 8.90. The van der Waals surface area contributed by atoms with Crippen molar-refractivity contribution < 1.29 is 23.6 Å². The number of nitrogens with zero attached hydrogens (tertiary/aromatic N) is 1. The van der Waals surface area contributed by atoms with Gasteiger partial charge in [-0.3, -0.25) is 20.4 Å². The van der Waals surface area contributed by atoms with Gasteiger partial charge in [-0.2, -0.15) is 0 Å². The smallest absolute Gasteiger partial charge is 0.269 e. The molecule has 2 N–H and O–H groups in total. The first-order chi connectivity index (χ1) is 13.6. The molecular weight excluding hydrogens is 362 g/mol. The highest BCUT2D eigenvalue weighted by Gasteiger charge is 2.14. The van der Waals surface area contributed by atoms with E-state index in [-0.39, 0.29) is 6.42 Å². The van der Waals surface area contributed by atoms with Gasteiger partial charge in [0.05, 0.1) is 20.1 Å². The van der Waals surface area contributed by atoms with Crippen LogP contribution in [-0.4, -0.2) is 30.7 Å². The molecule has 0 aliphatic carbocycles. The van der Waals surface area contributed by atoms with E-state index in [1.54, 1.807) is 24.3 Å². The van der Waals surface area contributed by atoms with Gasteiger partial charge in [0.1, 0.15) is 5.69 Å². The Morgan fingerprint density at radius 2 is 1.93 bits per heavy atom. The number of hydrogen-bond donors (Lipinski definition) is 2. The van der Waals surface area contributed by atoms with Crippen LogP contribution in [0.4, 0.5) is 0 Å². The number of para-hydroxylation sites is 1. The van der Waals surface area contributed by atoms with Crippen molar-refractivity contribution in [3.63, 3.8) is 0 Å². The summed E-state index contributed by atoms with van der Waals surface area (Å²) in [5.41, 5.74) is 6.19. The number of carbonyl (C=O) groups is 2. The SMILES string of the molecule is CCCOc1ccc(C(=O)NNC(=O)Cc2noc3ccccc23)cc1OC. The van der Waals surface area contributed by atoms with Crippen molar-refractivity contribution in [2.75, 3.05) is 13.7 Å². The maximum atomic E-state index is 12.3. The lowest BCUT2D eigenvalue weighted by Gasteiger charge is -2.12. The zero-order chi connectivity index (χ0) is 19.9. The van der Waals surface area contributed by atoms with Crippen LogP contribution in [0.3, 0.4) is 0 Å². The Kier molecular flexibility index (Phi) is 6.11. The molecule has 8 heteroatoms. The summed E-state index contributed by atoms with van der Waals surface area (Å²) in [6.45, 7) is 2.55. The van der Waals surface area contributed by atoms with Gasteiger partial charge < -0.3 is 14.0 Å². The Hall–Kier alpha value is -3.55. The molecule has 0 spiro atoms. The molecular formula is C20H21N3O5. The van der Waals surface area contributed by atoms with E-state index in [0.717, 1.165) is 11.8 Å². The van der Waals surface area contributed by atoms with Gasteiger partial charge in [0.2, 0.25) is 5.91 Å². The number of amides is 2. The van der Waals surface area contributed by atoms with Crippen LogP contribution < -0.4 is 20.3 Å². The van der Waals surface area contributed by atoms with E-state index in [0.29, 0.717) is 34.9 Å². The number of benzene rings is 2. The normalized spacial score (nSPS) is 10.5. The van der Waals surface area contributed by atoms with Crippen molar-refractivity contribution >= 4 is 22.8 Å². The topological polar surface area (TPSA) is 103 Å². The molecule has 0 atom stereocenters. The third kappa shape index (κ3) is 4.40. The zero-order valence-electron chi connectivity index (χ0n) is 15.7. The predicted molar refractivity (Wildman–Crippen MR) is 102 cm³/mol. The monoisotopic (exact) mass is 383 g/mol. The molecule has 1 heterocycles. The molecule has 0 saturated carbocycles. The summed E-state index contributed by atoms with van der Waals surface area (Å²) in [5.74, 6) is 0.116. The summed E-state index contributed by atoms with van der Waals surface area (Å²) in [6.07, 6.45) is 0.836. The van der Waals surface area contributed by atoms with E-state index in [1.165, 1.54) is 7.11 Å². The average molecular weight is 383 g/mol. The van der Waals surface area contributed by atoms with Gasteiger partial charge in [0, 0.05) is 10.9 Å². The molecule has 2 amide bonds. The summed E-state index contributed by atoms with van der Waals surface area (Å²) in [7, 11) is 1.50. The number of hydrogen-bond acceptors (Lipinski definition) is 6. The molecule has 2 aromatic carbocycles. The van der Waals surface area contributed by atoms with Gasteiger partial charge in [-0.25, -0.2) is 0 Å². The molecule has 0 saturated heterocycles. The molecule has 28 heavy (non-hydrogen) atoms. The Balaban J connectivity index is 1.59. The maximum absolute atomic E-state index is 12.3. The lowest BCUT2D eigenvalue weighted by Crippen LogP contribution is -2.42. The Labute approximate surface area is 161 Å². The van der Waals surface area contributed by atoms with Crippen molar-refractivity contribution in [2.45, 2.75) is 19.8 Å². The Morgan fingerprint density at radius 3 is 2.71 bits per heavy atom. The molecule has 0 fully saturated rings. The van der Waals surface area contributed by atoms with Crippen LogP contribution in [0.5, 0.6) is 11.5 Å². The molecule has 3 aromatic rings. The van der Waals surface area contributed by atoms with Crippen molar-refractivity contribution in [1.29, 1.82) is 0 Å². The summed E-state index contributed by atoms with van der Waals surface area (Å²) in [6, 6.07) is 12.1. The molecule has 0 aliphatic rings. The molecule has 0 radical (unpaired) electrons. The van der Waals surface area contributed by atoms with Crippen LogP contribution in [0.15, 0.2) is 47.0 Å². The molecule has 1 aromatic heterocycles. The summed E-state index contributed by atoms with van der Waals surface area (Å²) in [5, 5.41) is 4.66. The number of carbonyl (C=O) groups excluding carboxylic acids is 2. The number of hydrazine groups is 1. The molecule has 8 nitrogen and oxygen atoms in total. The lowest BCUT2D eigenvalue weighted by atomic mass is 10.2. The van der Waals surface area contributed by atoms with Crippen LogP contribution in [0.1, 0.15) is 29.4 Å². The molecule has 0 unspecified atom stereocenters. The summed E-state index contributed by atoms with van der Waals surface area (Å²) < 4.78 is 16.0. The van der Waals surface area contributed by atoms with Crippen LogP contribution in [0.2, 0.25) is 0 Å². The number of ether oxygens (including phenoxy) is 2. The quantitative estimate of drug-likeness (QED) is 0.608. The van der Waals surface area contributed by atoms with Gasteiger partial charge in [-0.1, -0.05) is 24.2 Å². The fraction of sp³-hybridized carbons (Fsp3) is 0.250. The molecule has 0 bridgehead atoms. The number of rotatable bonds is 7. The van der Waals surface area contributed by atoms with Crippen molar-refractivity contribution in [2.24, 2.45) is 0 Å². The maximum Gasteiger partial charge on any atom is 0.269 e. The van der Waals surface area contributed by atoms with Crippen molar-refractivity contribution in [3.8, 4) is 11.5 Å². The van der Waals surface area contributed by atoms with E-state index in [9.17, 15) is 9.59 Å². The van der Waals surface area contributed by atoms with E-state index in [1.807, 2.05) is 25.1 Å². The number of fused-ring (bicyclic) bond motifs is 1. The second-order valence-corrected chi connectivity index (χ2v) is 6.02. The van der Waals surface area contributed by atoms with E-state index < -0.39 is 11.8 Å². The molecule has 0 aliphatic heterocycles. The fourth-order valence-corrected chi connectivity index (χ4v) is 2.60. The fourth-order valence-electron chi connectivity index (χ4n) is 2.60. The van der Waals surface area contributed by atoms with Gasteiger partial charge in [0.25, 0.3) is 5.91 Å². The molecule has 3 rings (SSSR count). The summed E-state index contributed by atoms with van der Waals surface area (Å²) >= 11 is 0.